The van der Waals surface area contributed by atoms with E-state index in [0.717, 1.165) is 0 Å². The lowest BCUT2D eigenvalue weighted by Gasteiger charge is -2.11. The second-order valence-corrected chi connectivity index (χ2v) is 5.49. The molecule has 3 aromatic rings. The lowest BCUT2D eigenvalue weighted by Crippen LogP contribution is -2.32. The number of methoxy groups -OCH3 is 2. The van der Waals surface area contributed by atoms with E-state index in [1.165, 1.54) is 20.3 Å². The molecule has 0 atom stereocenters. The van der Waals surface area contributed by atoms with E-state index in [4.69, 9.17) is 19.6 Å². The molecule has 1 aromatic heterocycles. The molecule has 1 heterocycles. The molecule has 27 heavy (non-hydrogen) atoms. The van der Waals surface area contributed by atoms with Crippen LogP contribution in [0.4, 0.5) is 0 Å². The molecule has 0 saturated heterocycles. The van der Waals surface area contributed by atoms with E-state index in [9.17, 15) is 14.4 Å². The van der Waals surface area contributed by atoms with Gasteiger partial charge in [0, 0.05) is 5.39 Å². The van der Waals surface area contributed by atoms with Gasteiger partial charge in [-0.3, -0.25) is 19.7 Å². The van der Waals surface area contributed by atoms with E-state index in [1.54, 1.807) is 36.4 Å². The van der Waals surface area contributed by atoms with Crippen molar-refractivity contribution in [1.82, 2.24) is 5.32 Å². The number of amides is 3. The molecular weight excluding hydrogens is 352 g/mol. The molecule has 8 heteroatoms. The largest absolute Gasteiger partial charge is 0.493 e. The highest BCUT2D eigenvalue weighted by atomic mass is 16.5. The lowest BCUT2D eigenvalue weighted by molar-refractivity contribution is 0.0825. The molecule has 3 rings (SSSR count). The summed E-state index contributed by atoms with van der Waals surface area (Å²) in [4.78, 5) is 36.9. The van der Waals surface area contributed by atoms with Crippen LogP contribution >= 0.6 is 0 Å². The van der Waals surface area contributed by atoms with Gasteiger partial charge in [-0.05, 0) is 18.2 Å². The molecule has 0 aliphatic rings. The fourth-order valence-electron chi connectivity index (χ4n) is 2.74. The van der Waals surface area contributed by atoms with Crippen LogP contribution in [0.3, 0.4) is 0 Å². The Morgan fingerprint density at radius 3 is 2.37 bits per heavy atom. The molecule has 0 unspecified atom stereocenters. The number of rotatable bonds is 5. The van der Waals surface area contributed by atoms with Crippen LogP contribution in [-0.2, 0) is 0 Å². The average Bonchev–Trinajstić information content (AvgIpc) is 3.07. The van der Waals surface area contributed by atoms with Crippen molar-refractivity contribution < 1.29 is 28.3 Å². The molecule has 8 nitrogen and oxygen atoms in total. The van der Waals surface area contributed by atoms with Crippen LogP contribution in [0, 0.1) is 0 Å². The van der Waals surface area contributed by atoms with Gasteiger partial charge in [0.05, 0.1) is 25.3 Å². The molecular formula is C19H16N2O6. The number of nitrogens with two attached hydrogens (primary N) is 1. The first-order valence-electron chi connectivity index (χ1n) is 7.86. The number of fused-ring (bicyclic) bond motifs is 1. The van der Waals surface area contributed by atoms with Crippen LogP contribution in [-0.4, -0.2) is 31.9 Å². The van der Waals surface area contributed by atoms with E-state index in [1.807, 2.05) is 0 Å². The third-order valence-electron chi connectivity index (χ3n) is 3.92. The number of primary amides is 1. The zero-order chi connectivity index (χ0) is 19.6. The second-order valence-electron chi connectivity index (χ2n) is 5.49. The number of carbonyl (C=O) groups excluding carboxylic acids is 3. The molecule has 0 radical (unpaired) electrons. The van der Waals surface area contributed by atoms with E-state index in [-0.39, 0.29) is 22.6 Å². The van der Waals surface area contributed by atoms with Crippen molar-refractivity contribution in [3.63, 3.8) is 0 Å². The van der Waals surface area contributed by atoms with E-state index < -0.39 is 17.7 Å². The van der Waals surface area contributed by atoms with Crippen molar-refractivity contribution in [3.8, 4) is 11.5 Å². The summed E-state index contributed by atoms with van der Waals surface area (Å²) in [6.07, 6.45) is 0. The minimum absolute atomic E-state index is 0.0851. The SMILES string of the molecule is COc1cccc(C(=O)NC(=O)c2oc3ccccc3c2C(N)=O)c1OC. The van der Waals surface area contributed by atoms with Gasteiger partial charge in [-0.2, -0.15) is 0 Å². The topological polar surface area (TPSA) is 121 Å². The Kier molecular flexibility index (Phi) is 4.80. The van der Waals surface area contributed by atoms with Crippen molar-refractivity contribution >= 4 is 28.7 Å². The molecule has 2 aromatic carbocycles. The summed E-state index contributed by atoms with van der Waals surface area (Å²) in [6, 6.07) is 11.2. The first-order chi connectivity index (χ1) is 13.0. The smallest absolute Gasteiger partial charge is 0.294 e. The van der Waals surface area contributed by atoms with Crippen LogP contribution in [0.25, 0.3) is 11.0 Å². The third-order valence-corrected chi connectivity index (χ3v) is 3.92. The fourth-order valence-corrected chi connectivity index (χ4v) is 2.74. The van der Waals surface area contributed by atoms with Crippen LogP contribution < -0.4 is 20.5 Å². The van der Waals surface area contributed by atoms with Gasteiger partial charge in [0.1, 0.15) is 5.58 Å². The molecule has 0 spiro atoms. The molecule has 0 fully saturated rings. The number of carbonyl (C=O) groups is 3. The van der Waals surface area contributed by atoms with Gasteiger partial charge in [-0.25, -0.2) is 0 Å². The summed E-state index contributed by atoms with van der Waals surface area (Å²) < 4.78 is 15.8. The number of benzene rings is 2. The molecule has 3 amide bonds. The number of nitrogens with one attached hydrogen (secondary N) is 1. The lowest BCUT2D eigenvalue weighted by atomic mass is 10.1. The van der Waals surface area contributed by atoms with Gasteiger partial charge >= 0.3 is 0 Å². The Labute approximate surface area is 153 Å². The number of hydrogen-bond acceptors (Lipinski definition) is 6. The van der Waals surface area contributed by atoms with Crippen LogP contribution in [0.5, 0.6) is 11.5 Å². The minimum atomic E-state index is -0.894. The quantitative estimate of drug-likeness (QED) is 0.666. The minimum Gasteiger partial charge on any atom is -0.493 e. The summed E-state index contributed by atoms with van der Waals surface area (Å²) in [7, 11) is 2.80. The summed E-state index contributed by atoms with van der Waals surface area (Å²) in [5.41, 5.74) is 5.69. The van der Waals surface area contributed by atoms with Gasteiger partial charge in [0.2, 0.25) is 5.76 Å². The van der Waals surface area contributed by atoms with Crippen molar-refractivity contribution in [3.05, 3.63) is 59.4 Å². The number of hydrogen-bond donors (Lipinski definition) is 2. The molecule has 3 N–H and O–H groups in total. The highest BCUT2D eigenvalue weighted by molar-refractivity contribution is 6.18. The number of imide groups is 1. The van der Waals surface area contributed by atoms with Gasteiger partial charge in [0.15, 0.2) is 11.5 Å². The van der Waals surface area contributed by atoms with Gasteiger partial charge in [-0.1, -0.05) is 24.3 Å². The maximum atomic E-state index is 12.6. The van der Waals surface area contributed by atoms with E-state index in [0.29, 0.717) is 16.7 Å². The van der Waals surface area contributed by atoms with Crippen LogP contribution in [0.1, 0.15) is 31.3 Å². The van der Waals surface area contributed by atoms with Crippen molar-refractivity contribution in [2.45, 2.75) is 0 Å². The molecule has 0 bridgehead atoms. The highest BCUT2D eigenvalue weighted by Gasteiger charge is 2.27. The van der Waals surface area contributed by atoms with Crippen LogP contribution in [0.15, 0.2) is 46.9 Å². The number of para-hydroxylation sites is 2. The summed E-state index contributed by atoms with van der Waals surface area (Å²) in [6.45, 7) is 0. The Balaban J connectivity index is 1.97. The predicted octanol–water partition coefficient (Wildman–Crippen LogP) is 2.12. The maximum absolute atomic E-state index is 12.6. The monoisotopic (exact) mass is 368 g/mol. The average molecular weight is 368 g/mol. The summed E-state index contributed by atoms with van der Waals surface area (Å²) in [5.74, 6) is -2.30. The van der Waals surface area contributed by atoms with Gasteiger partial charge in [0.25, 0.3) is 17.7 Å². The van der Waals surface area contributed by atoms with E-state index in [2.05, 4.69) is 5.32 Å². The Bertz CT molecular complexity index is 1050. The Morgan fingerprint density at radius 1 is 0.963 bits per heavy atom. The summed E-state index contributed by atoms with van der Waals surface area (Å²) >= 11 is 0. The molecule has 138 valence electrons. The number of furan rings is 1. The standard InChI is InChI=1S/C19H16N2O6/c1-25-13-9-5-7-11(15(13)26-2)18(23)21-19(24)16-14(17(20)22)10-6-3-4-8-12(10)27-16/h3-9H,1-2H3,(H2,20,22)(H,21,23,24). The van der Waals surface area contributed by atoms with E-state index >= 15 is 0 Å². The highest BCUT2D eigenvalue weighted by Crippen LogP contribution is 2.31. The second kappa shape index (κ2) is 7.20. The van der Waals surface area contributed by atoms with Crippen molar-refractivity contribution in [2.24, 2.45) is 5.73 Å². The van der Waals surface area contributed by atoms with Gasteiger partial charge < -0.3 is 19.6 Å². The first-order valence-corrected chi connectivity index (χ1v) is 7.86. The Morgan fingerprint density at radius 2 is 1.70 bits per heavy atom. The zero-order valence-electron chi connectivity index (χ0n) is 14.6. The third kappa shape index (κ3) is 3.20. The summed E-state index contributed by atoms with van der Waals surface area (Å²) in [5, 5.41) is 2.57. The predicted molar refractivity (Wildman–Crippen MR) is 96.1 cm³/mol. The molecule has 0 saturated carbocycles. The number of ether oxygens (including phenoxy) is 2. The zero-order valence-corrected chi connectivity index (χ0v) is 14.6. The molecule has 0 aliphatic heterocycles. The Hall–Kier alpha value is -3.81. The normalized spacial score (nSPS) is 10.4. The van der Waals surface area contributed by atoms with Crippen molar-refractivity contribution in [1.29, 1.82) is 0 Å². The molecule has 0 aliphatic carbocycles. The fraction of sp³-hybridized carbons (Fsp3) is 0.105. The van der Waals surface area contributed by atoms with Crippen molar-refractivity contribution in [2.75, 3.05) is 14.2 Å². The van der Waals surface area contributed by atoms with Gasteiger partial charge in [-0.15, -0.1) is 0 Å². The first kappa shape index (κ1) is 18.0. The van der Waals surface area contributed by atoms with Crippen LogP contribution in [0.2, 0.25) is 0 Å². The maximum Gasteiger partial charge on any atom is 0.294 e.